The van der Waals surface area contributed by atoms with Crippen LogP contribution in [-0.4, -0.2) is 0 Å². The van der Waals surface area contributed by atoms with Crippen LogP contribution in [-0.2, 0) is 0 Å². The third kappa shape index (κ3) is 2.02. The molecule has 0 amide bonds. The van der Waals surface area contributed by atoms with E-state index in [2.05, 4.69) is 48.5 Å². The first-order chi connectivity index (χ1) is 5.29. The van der Waals surface area contributed by atoms with Crippen LogP contribution in [0, 0.1) is 16.7 Å². The smallest absolute Gasteiger partial charge is 0.0211 e. The van der Waals surface area contributed by atoms with Crippen LogP contribution in [0.3, 0.4) is 0 Å². The van der Waals surface area contributed by atoms with Gasteiger partial charge in [0.1, 0.15) is 0 Å². The Hall–Kier alpha value is 0. The summed E-state index contributed by atoms with van der Waals surface area (Å²) in [7, 11) is 0. The number of hydrogen-bond donors (Lipinski definition) is 0. The van der Waals surface area contributed by atoms with Crippen molar-refractivity contribution in [2.75, 3.05) is 0 Å². The second kappa shape index (κ2) is 3.81. The second-order valence-electron chi connectivity index (χ2n) is 5.07. The van der Waals surface area contributed by atoms with Gasteiger partial charge in [0.2, 0.25) is 0 Å². The van der Waals surface area contributed by atoms with E-state index >= 15 is 0 Å². The molecule has 0 aliphatic carbocycles. The number of hydrogen-bond acceptors (Lipinski definition) is 0. The van der Waals surface area contributed by atoms with Gasteiger partial charge in [0.05, 0.1) is 0 Å². The minimum atomic E-state index is 0.391. The Morgan fingerprint density at radius 3 is 1.50 bits per heavy atom. The molecule has 0 fully saturated rings. The third-order valence-corrected chi connectivity index (χ3v) is 3.83. The lowest BCUT2D eigenvalue weighted by Gasteiger charge is -2.45. The zero-order valence-corrected chi connectivity index (χ0v) is 9.91. The summed E-state index contributed by atoms with van der Waals surface area (Å²) in [6, 6.07) is 0. The maximum Gasteiger partial charge on any atom is -0.0211 e. The van der Waals surface area contributed by atoms with Crippen LogP contribution >= 0.6 is 0 Å². The minimum absolute atomic E-state index is 0.391. The highest BCUT2D eigenvalue weighted by Crippen LogP contribution is 2.49. The molecule has 1 radical (unpaired) electrons. The van der Waals surface area contributed by atoms with Gasteiger partial charge in [-0.1, -0.05) is 48.5 Å². The molecule has 0 bridgehead atoms. The molecule has 0 aliphatic rings. The average Bonchev–Trinajstić information content (AvgIpc) is 1.99. The second-order valence-corrected chi connectivity index (χ2v) is 5.07. The Morgan fingerprint density at radius 1 is 1.00 bits per heavy atom. The van der Waals surface area contributed by atoms with E-state index in [1.165, 1.54) is 12.8 Å². The lowest BCUT2D eigenvalue weighted by atomic mass is 9.59. The van der Waals surface area contributed by atoms with Crippen molar-refractivity contribution in [3.05, 3.63) is 5.92 Å². The van der Waals surface area contributed by atoms with Gasteiger partial charge in [-0.2, -0.15) is 0 Å². The van der Waals surface area contributed by atoms with Crippen molar-refractivity contribution in [3.63, 3.8) is 0 Å². The molecular weight excluding hydrogens is 144 g/mol. The van der Waals surface area contributed by atoms with Gasteiger partial charge in [-0.05, 0) is 29.6 Å². The molecule has 0 aromatic heterocycles. The van der Waals surface area contributed by atoms with Crippen LogP contribution in [0.2, 0.25) is 0 Å². The fraction of sp³-hybridized carbons (Fsp3) is 0.917. The summed E-state index contributed by atoms with van der Waals surface area (Å²) in [5.41, 5.74) is 0.795. The molecule has 0 spiro atoms. The molecule has 0 rings (SSSR count). The Labute approximate surface area is 78.8 Å². The van der Waals surface area contributed by atoms with Gasteiger partial charge in [0.25, 0.3) is 0 Å². The van der Waals surface area contributed by atoms with Crippen molar-refractivity contribution in [1.29, 1.82) is 0 Å². The zero-order valence-electron chi connectivity index (χ0n) is 9.91. The highest BCUT2D eigenvalue weighted by Gasteiger charge is 2.39. The first-order valence-electron chi connectivity index (χ1n) is 5.12. The van der Waals surface area contributed by atoms with Gasteiger partial charge in [0, 0.05) is 0 Å². The van der Waals surface area contributed by atoms with Crippen molar-refractivity contribution < 1.29 is 0 Å². The highest BCUT2D eigenvalue weighted by molar-refractivity contribution is 5.05. The third-order valence-electron chi connectivity index (χ3n) is 3.83. The van der Waals surface area contributed by atoms with Crippen LogP contribution in [0.1, 0.15) is 61.3 Å². The van der Waals surface area contributed by atoms with Crippen molar-refractivity contribution in [3.8, 4) is 0 Å². The quantitative estimate of drug-likeness (QED) is 0.585. The Kier molecular flexibility index (Phi) is 3.81. The molecular formula is C12H25. The van der Waals surface area contributed by atoms with Gasteiger partial charge in [-0.3, -0.25) is 0 Å². The van der Waals surface area contributed by atoms with Crippen molar-refractivity contribution >= 4 is 0 Å². The van der Waals surface area contributed by atoms with E-state index in [1.54, 1.807) is 5.92 Å². The summed E-state index contributed by atoms with van der Waals surface area (Å²) in [4.78, 5) is 0. The summed E-state index contributed by atoms with van der Waals surface area (Å²) in [5, 5.41) is 0. The zero-order chi connectivity index (χ0) is 9.99. The predicted octanol–water partition coefficient (Wildman–Crippen LogP) is 4.45. The van der Waals surface area contributed by atoms with Gasteiger partial charge in [-0.15, -0.1) is 0 Å². The lowest BCUT2D eigenvalue weighted by Crippen LogP contribution is -2.36. The van der Waals surface area contributed by atoms with Gasteiger partial charge in [-0.25, -0.2) is 0 Å². The minimum Gasteiger partial charge on any atom is -0.0648 e. The molecule has 0 saturated carbocycles. The summed E-state index contributed by atoms with van der Waals surface area (Å²) >= 11 is 0. The average molecular weight is 169 g/mol. The maximum absolute atomic E-state index is 2.39. The SMILES string of the molecule is CC[C](C)C(C)(CC)C(C)(C)C. The first kappa shape index (κ1) is 12.0. The van der Waals surface area contributed by atoms with E-state index in [9.17, 15) is 0 Å². The summed E-state index contributed by atoms with van der Waals surface area (Å²) in [6.45, 7) is 16.3. The fourth-order valence-electron chi connectivity index (χ4n) is 1.86. The standard InChI is InChI=1S/C12H25/c1-8-10(3)12(7,9-2)11(4,5)6/h8-9H2,1-7H3. The maximum atomic E-state index is 2.39. The normalized spacial score (nSPS) is 18.0. The van der Waals surface area contributed by atoms with Crippen LogP contribution in [0.25, 0.3) is 0 Å². The monoisotopic (exact) mass is 169 g/mol. The van der Waals surface area contributed by atoms with Crippen LogP contribution in [0.15, 0.2) is 0 Å². The molecule has 1 unspecified atom stereocenters. The van der Waals surface area contributed by atoms with E-state index in [0.717, 1.165) is 0 Å². The molecule has 0 saturated heterocycles. The molecule has 0 nitrogen and oxygen atoms in total. The Morgan fingerprint density at radius 2 is 1.42 bits per heavy atom. The van der Waals surface area contributed by atoms with Crippen molar-refractivity contribution in [2.24, 2.45) is 10.8 Å². The Bertz CT molecular complexity index is 129. The summed E-state index contributed by atoms with van der Waals surface area (Å²) in [6.07, 6.45) is 2.46. The molecule has 12 heavy (non-hydrogen) atoms. The summed E-state index contributed by atoms with van der Waals surface area (Å²) in [5.74, 6) is 1.64. The van der Waals surface area contributed by atoms with E-state index in [-0.39, 0.29) is 0 Å². The van der Waals surface area contributed by atoms with E-state index in [0.29, 0.717) is 10.8 Å². The van der Waals surface area contributed by atoms with Crippen LogP contribution in [0.4, 0.5) is 0 Å². The van der Waals surface area contributed by atoms with Crippen molar-refractivity contribution in [1.82, 2.24) is 0 Å². The van der Waals surface area contributed by atoms with E-state index in [1.807, 2.05) is 0 Å². The molecule has 0 aromatic carbocycles. The molecule has 73 valence electrons. The van der Waals surface area contributed by atoms with E-state index < -0.39 is 0 Å². The van der Waals surface area contributed by atoms with Crippen LogP contribution < -0.4 is 0 Å². The molecule has 0 heterocycles. The van der Waals surface area contributed by atoms with Gasteiger partial charge < -0.3 is 0 Å². The van der Waals surface area contributed by atoms with Gasteiger partial charge >= 0.3 is 0 Å². The van der Waals surface area contributed by atoms with Gasteiger partial charge in [0.15, 0.2) is 0 Å². The molecule has 0 heteroatoms. The van der Waals surface area contributed by atoms with E-state index in [4.69, 9.17) is 0 Å². The molecule has 1 atom stereocenters. The number of rotatable bonds is 3. The first-order valence-corrected chi connectivity index (χ1v) is 5.12. The predicted molar refractivity (Wildman–Crippen MR) is 57.1 cm³/mol. The largest absolute Gasteiger partial charge is 0.0648 e. The fourth-order valence-corrected chi connectivity index (χ4v) is 1.86. The molecule has 0 aliphatic heterocycles. The van der Waals surface area contributed by atoms with Crippen molar-refractivity contribution in [2.45, 2.75) is 61.3 Å². The lowest BCUT2D eigenvalue weighted by molar-refractivity contribution is 0.115. The van der Waals surface area contributed by atoms with Crippen LogP contribution in [0.5, 0.6) is 0 Å². The summed E-state index contributed by atoms with van der Waals surface area (Å²) < 4.78 is 0. The topological polar surface area (TPSA) is 0 Å². The highest BCUT2D eigenvalue weighted by atomic mass is 14.4. The molecule has 0 N–H and O–H groups in total. The molecule has 0 aromatic rings. The Balaban J connectivity index is 4.67.